The number of nitrogens with zero attached hydrogens (tertiary/aromatic N) is 2. The zero-order valence-corrected chi connectivity index (χ0v) is 14.7. The Balaban J connectivity index is 2.62. The van der Waals surface area contributed by atoms with E-state index >= 15 is 0 Å². The highest BCUT2D eigenvalue weighted by atomic mass is 15.5. The third-order valence-electron chi connectivity index (χ3n) is 5.01. The van der Waals surface area contributed by atoms with Crippen LogP contribution in [-0.2, 0) is 0 Å². The van der Waals surface area contributed by atoms with Gasteiger partial charge in [0.05, 0.1) is 0 Å². The minimum Gasteiger partial charge on any atom is -0.316 e. The van der Waals surface area contributed by atoms with E-state index in [1.54, 1.807) is 0 Å². The summed E-state index contributed by atoms with van der Waals surface area (Å²) in [6.07, 6.45) is 1.60. The maximum atomic E-state index is 3.60. The SMILES string of the molecule is CCN1CC(C)(CCNCC(C)C)C(C)N(C)C1NC. The van der Waals surface area contributed by atoms with E-state index < -0.39 is 0 Å². The second-order valence-electron chi connectivity index (χ2n) is 7.07. The van der Waals surface area contributed by atoms with Crippen molar-refractivity contribution in [1.82, 2.24) is 20.4 Å². The summed E-state index contributed by atoms with van der Waals surface area (Å²) in [6.45, 7) is 16.1. The lowest BCUT2D eigenvalue weighted by atomic mass is 9.77. The maximum Gasteiger partial charge on any atom is 0.116 e. The molecule has 1 aliphatic heterocycles. The first-order valence-corrected chi connectivity index (χ1v) is 8.19. The molecule has 0 bridgehead atoms. The minimum absolute atomic E-state index is 0.349. The van der Waals surface area contributed by atoms with Gasteiger partial charge in [0.1, 0.15) is 6.29 Å². The molecule has 4 nitrogen and oxygen atoms in total. The van der Waals surface area contributed by atoms with Crippen molar-refractivity contribution in [2.24, 2.45) is 11.3 Å². The lowest BCUT2D eigenvalue weighted by Gasteiger charge is -2.54. The molecule has 0 aromatic carbocycles. The number of nitrogens with one attached hydrogen (secondary N) is 2. The molecule has 1 fully saturated rings. The number of hydrogen-bond donors (Lipinski definition) is 2. The fourth-order valence-electron chi connectivity index (χ4n) is 3.37. The summed E-state index contributed by atoms with van der Waals surface area (Å²) in [7, 11) is 4.30. The molecular weight excluding hydrogens is 248 g/mol. The highest BCUT2D eigenvalue weighted by Gasteiger charge is 2.43. The Hall–Kier alpha value is -0.160. The second kappa shape index (κ2) is 7.74. The molecular formula is C16H36N4. The Bertz CT molecular complexity index is 280. The van der Waals surface area contributed by atoms with Crippen LogP contribution < -0.4 is 10.6 Å². The smallest absolute Gasteiger partial charge is 0.116 e. The van der Waals surface area contributed by atoms with E-state index in [1.165, 1.54) is 13.0 Å². The van der Waals surface area contributed by atoms with E-state index in [1.807, 2.05) is 0 Å². The molecule has 0 aromatic rings. The Morgan fingerprint density at radius 2 is 2.00 bits per heavy atom. The van der Waals surface area contributed by atoms with Crippen molar-refractivity contribution in [1.29, 1.82) is 0 Å². The Morgan fingerprint density at radius 1 is 1.35 bits per heavy atom. The second-order valence-corrected chi connectivity index (χ2v) is 7.07. The highest BCUT2D eigenvalue weighted by molar-refractivity contribution is 4.95. The molecule has 0 aromatic heterocycles. The van der Waals surface area contributed by atoms with Gasteiger partial charge < -0.3 is 5.32 Å². The molecule has 0 amide bonds. The van der Waals surface area contributed by atoms with Gasteiger partial charge in [-0.3, -0.25) is 15.1 Å². The molecule has 1 rings (SSSR count). The molecule has 1 aliphatic rings. The van der Waals surface area contributed by atoms with Crippen LogP contribution >= 0.6 is 0 Å². The lowest BCUT2D eigenvalue weighted by molar-refractivity contribution is -0.0966. The van der Waals surface area contributed by atoms with Gasteiger partial charge in [-0.1, -0.05) is 27.7 Å². The van der Waals surface area contributed by atoms with Crippen molar-refractivity contribution in [2.75, 3.05) is 40.3 Å². The predicted molar refractivity (Wildman–Crippen MR) is 87.8 cm³/mol. The van der Waals surface area contributed by atoms with Gasteiger partial charge in [-0.25, -0.2) is 0 Å². The van der Waals surface area contributed by atoms with Crippen molar-refractivity contribution in [2.45, 2.75) is 53.4 Å². The molecule has 1 saturated heterocycles. The maximum absolute atomic E-state index is 3.60. The zero-order chi connectivity index (χ0) is 15.3. The molecule has 3 atom stereocenters. The van der Waals surface area contributed by atoms with Crippen LogP contribution in [0.1, 0.15) is 41.0 Å². The Labute approximate surface area is 126 Å². The largest absolute Gasteiger partial charge is 0.316 e. The monoisotopic (exact) mass is 284 g/mol. The van der Waals surface area contributed by atoms with Gasteiger partial charge in [0, 0.05) is 12.6 Å². The van der Waals surface area contributed by atoms with Crippen molar-refractivity contribution in [3.8, 4) is 0 Å². The van der Waals surface area contributed by atoms with Gasteiger partial charge >= 0.3 is 0 Å². The summed E-state index contributed by atoms with van der Waals surface area (Å²) < 4.78 is 0. The molecule has 4 heteroatoms. The standard InChI is InChI=1S/C16H36N4/c1-8-20-12-16(5,9-10-18-11-13(2)3)14(4)19(7)15(20)17-6/h13-15,17-18H,8-12H2,1-7H3. The van der Waals surface area contributed by atoms with Crippen LogP contribution in [0.25, 0.3) is 0 Å². The summed E-state index contributed by atoms with van der Waals surface area (Å²) in [6, 6.07) is 0.587. The first-order chi connectivity index (χ1) is 9.35. The molecule has 20 heavy (non-hydrogen) atoms. The lowest BCUT2D eigenvalue weighted by Crippen LogP contribution is -2.67. The predicted octanol–water partition coefficient (Wildman–Crippen LogP) is 1.79. The fourth-order valence-corrected chi connectivity index (χ4v) is 3.37. The fraction of sp³-hybridized carbons (Fsp3) is 1.00. The first kappa shape index (κ1) is 17.9. The summed E-state index contributed by atoms with van der Waals surface area (Å²) >= 11 is 0. The van der Waals surface area contributed by atoms with E-state index in [0.29, 0.717) is 17.7 Å². The van der Waals surface area contributed by atoms with Crippen LogP contribution in [0.4, 0.5) is 0 Å². The van der Waals surface area contributed by atoms with Crippen LogP contribution in [0.15, 0.2) is 0 Å². The van der Waals surface area contributed by atoms with Gasteiger partial charge in [0.25, 0.3) is 0 Å². The van der Waals surface area contributed by atoms with E-state index in [9.17, 15) is 0 Å². The van der Waals surface area contributed by atoms with E-state index in [0.717, 1.165) is 25.6 Å². The van der Waals surface area contributed by atoms with Crippen molar-refractivity contribution >= 4 is 0 Å². The summed E-state index contributed by atoms with van der Waals surface area (Å²) in [4.78, 5) is 5.03. The molecule has 0 saturated carbocycles. The van der Waals surface area contributed by atoms with Crippen LogP contribution in [0.5, 0.6) is 0 Å². The topological polar surface area (TPSA) is 30.5 Å². The third kappa shape index (κ3) is 4.17. The number of rotatable bonds is 7. The summed E-state index contributed by atoms with van der Waals surface area (Å²) in [5, 5.41) is 7.04. The van der Waals surface area contributed by atoms with E-state index in [-0.39, 0.29) is 0 Å². The van der Waals surface area contributed by atoms with Crippen LogP contribution in [0.2, 0.25) is 0 Å². The van der Waals surface area contributed by atoms with Gasteiger partial charge in [-0.2, -0.15) is 0 Å². The average molecular weight is 284 g/mol. The molecule has 0 spiro atoms. The van der Waals surface area contributed by atoms with E-state index in [2.05, 4.69) is 69.1 Å². The van der Waals surface area contributed by atoms with Crippen LogP contribution in [-0.4, -0.2) is 62.4 Å². The zero-order valence-electron chi connectivity index (χ0n) is 14.7. The highest BCUT2D eigenvalue weighted by Crippen LogP contribution is 2.35. The summed E-state index contributed by atoms with van der Waals surface area (Å²) in [5.74, 6) is 0.732. The van der Waals surface area contributed by atoms with Gasteiger partial charge in [-0.05, 0) is 58.4 Å². The molecule has 0 radical (unpaired) electrons. The van der Waals surface area contributed by atoms with Crippen molar-refractivity contribution in [3.05, 3.63) is 0 Å². The van der Waals surface area contributed by atoms with Gasteiger partial charge in [-0.15, -0.1) is 0 Å². The minimum atomic E-state index is 0.349. The van der Waals surface area contributed by atoms with Crippen molar-refractivity contribution in [3.63, 3.8) is 0 Å². The van der Waals surface area contributed by atoms with Crippen molar-refractivity contribution < 1.29 is 0 Å². The normalized spacial score (nSPS) is 33.0. The molecule has 0 aliphatic carbocycles. The molecule has 120 valence electrons. The summed E-state index contributed by atoms with van der Waals surface area (Å²) in [5.41, 5.74) is 0.349. The molecule has 1 heterocycles. The van der Waals surface area contributed by atoms with Gasteiger partial charge in [0.15, 0.2) is 0 Å². The van der Waals surface area contributed by atoms with Crippen LogP contribution in [0, 0.1) is 11.3 Å². The third-order valence-corrected chi connectivity index (χ3v) is 5.01. The van der Waals surface area contributed by atoms with Gasteiger partial charge in [0.2, 0.25) is 0 Å². The number of hydrogen-bond acceptors (Lipinski definition) is 4. The van der Waals surface area contributed by atoms with E-state index in [4.69, 9.17) is 0 Å². The molecule has 2 N–H and O–H groups in total. The average Bonchev–Trinajstić information content (AvgIpc) is 2.41. The quantitative estimate of drug-likeness (QED) is 0.698. The Morgan fingerprint density at radius 3 is 2.50 bits per heavy atom. The van der Waals surface area contributed by atoms with Crippen LogP contribution in [0.3, 0.4) is 0 Å². The first-order valence-electron chi connectivity index (χ1n) is 8.19. The Kier molecular flexibility index (Phi) is 6.92. The molecule has 3 unspecified atom stereocenters.